The summed E-state index contributed by atoms with van der Waals surface area (Å²) >= 11 is 0. The second-order valence-corrected chi connectivity index (χ2v) is 4.13. The molecule has 0 fully saturated rings. The van der Waals surface area contributed by atoms with E-state index in [4.69, 9.17) is 0 Å². The average molecular weight is 251 g/mol. The third-order valence-corrected chi connectivity index (χ3v) is 3.16. The van der Waals surface area contributed by atoms with Crippen LogP contribution in [0.1, 0.15) is 18.9 Å². The quantitative estimate of drug-likeness (QED) is 0.791. The van der Waals surface area contributed by atoms with Crippen molar-refractivity contribution in [1.82, 2.24) is 10.5 Å². The van der Waals surface area contributed by atoms with Crippen LogP contribution in [0, 0.1) is 5.82 Å². The summed E-state index contributed by atoms with van der Waals surface area (Å²) in [6.45, 7) is 1.72. The monoisotopic (exact) mass is 251 g/mol. The van der Waals surface area contributed by atoms with Crippen molar-refractivity contribution in [3.63, 3.8) is 0 Å². The van der Waals surface area contributed by atoms with E-state index in [2.05, 4.69) is 5.10 Å². The number of hydrogen-bond acceptors (Lipinski definition) is 4. The topological polar surface area (TPSA) is 64.9 Å². The van der Waals surface area contributed by atoms with Gasteiger partial charge in [-0.1, -0.05) is 25.1 Å². The number of carbonyl (C=O) groups excluding carboxylic acids is 1. The molecule has 0 aliphatic carbocycles. The van der Waals surface area contributed by atoms with Gasteiger partial charge in [0.15, 0.2) is 5.54 Å². The van der Waals surface area contributed by atoms with Crippen molar-refractivity contribution in [1.29, 1.82) is 0 Å². The van der Waals surface area contributed by atoms with E-state index in [9.17, 15) is 14.4 Å². The fourth-order valence-electron chi connectivity index (χ4n) is 2.09. The van der Waals surface area contributed by atoms with Gasteiger partial charge in [0.25, 0.3) is 5.91 Å². The van der Waals surface area contributed by atoms with Gasteiger partial charge in [-0.3, -0.25) is 4.79 Å². The van der Waals surface area contributed by atoms with Crippen LogP contribution in [0.15, 0.2) is 29.4 Å². The Bertz CT molecular complexity index is 512. The Morgan fingerprint density at radius 3 is 2.72 bits per heavy atom. The van der Waals surface area contributed by atoms with E-state index in [-0.39, 0.29) is 17.7 Å². The number of halogens is 1. The number of benzene rings is 1. The fourth-order valence-corrected chi connectivity index (χ4v) is 2.09. The number of nitrogens with zero attached hydrogens (tertiary/aromatic N) is 2. The van der Waals surface area contributed by atoms with Gasteiger partial charge in [0, 0.05) is 12.6 Å². The Balaban J connectivity index is 2.59. The minimum absolute atomic E-state index is 0.193. The van der Waals surface area contributed by atoms with Crippen molar-refractivity contribution < 1.29 is 14.4 Å². The number of hydrogen-bond donors (Lipinski definition) is 2. The lowest BCUT2D eigenvalue weighted by atomic mass is 9.86. The van der Waals surface area contributed by atoms with E-state index in [1.165, 1.54) is 19.2 Å². The maximum Gasteiger partial charge on any atom is 0.271 e. The highest BCUT2D eigenvalue weighted by molar-refractivity contribution is 6.23. The summed E-state index contributed by atoms with van der Waals surface area (Å²) in [7, 11) is 1.47. The van der Waals surface area contributed by atoms with Gasteiger partial charge >= 0.3 is 0 Å². The van der Waals surface area contributed by atoms with Crippen LogP contribution in [0.3, 0.4) is 0 Å². The maximum absolute atomic E-state index is 13.8. The molecule has 1 atom stereocenters. The van der Waals surface area contributed by atoms with Crippen LogP contribution in [0.2, 0.25) is 0 Å². The van der Waals surface area contributed by atoms with Crippen LogP contribution in [0.5, 0.6) is 0 Å². The molecular formula is C12H14FN3O2. The van der Waals surface area contributed by atoms with Crippen molar-refractivity contribution in [3.8, 4) is 0 Å². The molecule has 1 aliphatic rings. The van der Waals surface area contributed by atoms with Gasteiger partial charge in [0.05, 0.1) is 0 Å². The number of likely N-dealkylation sites (N-methyl/N-ethyl adjacent to an activating group) is 1. The third-order valence-electron chi connectivity index (χ3n) is 3.16. The highest BCUT2D eigenvalue weighted by atomic mass is 19.1. The molecule has 2 rings (SSSR count). The van der Waals surface area contributed by atoms with Crippen molar-refractivity contribution in [2.45, 2.75) is 18.9 Å². The summed E-state index contributed by atoms with van der Waals surface area (Å²) in [5.74, 6) is -0.891. The molecule has 0 spiro atoms. The Kier molecular flexibility index (Phi) is 3.14. The lowest BCUT2D eigenvalue weighted by molar-refractivity contribution is -0.135. The van der Waals surface area contributed by atoms with Gasteiger partial charge in [0.2, 0.25) is 0 Å². The zero-order chi connectivity index (χ0) is 13.3. The number of amides is 1. The fraction of sp³-hybridized carbons (Fsp3) is 0.333. The molecule has 6 heteroatoms. The smallest absolute Gasteiger partial charge is 0.271 e. The number of hydrazone groups is 1. The van der Waals surface area contributed by atoms with E-state index in [0.717, 1.165) is 5.01 Å². The summed E-state index contributed by atoms with van der Waals surface area (Å²) in [5.41, 5.74) is 1.02. The molecule has 1 amide bonds. The standard InChI is InChI=1S/C12H14FN3O2/c1-3-12(15-18)10(14-16(2)11(12)17)8-6-4-5-7-9(8)13/h4-7,15,18H,3H2,1-2H3. The molecule has 1 unspecified atom stereocenters. The summed E-state index contributed by atoms with van der Waals surface area (Å²) in [4.78, 5) is 12.1. The van der Waals surface area contributed by atoms with Crippen LogP contribution in [0.4, 0.5) is 4.39 Å². The molecule has 0 aromatic heterocycles. The first-order valence-electron chi connectivity index (χ1n) is 5.60. The molecule has 0 saturated carbocycles. The Hall–Kier alpha value is -1.79. The SMILES string of the molecule is CCC1(NO)C(=O)N(C)N=C1c1ccccc1F. The number of hydroxylamine groups is 1. The van der Waals surface area contributed by atoms with Crippen LogP contribution in [-0.2, 0) is 4.79 Å². The molecule has 1 heterocycles. The van der Waals surface area contributed by atoms with E-state index in [0.29, 0.717) is 0 Å². The Labute approximate surface area is 104 Å². The van der Waals surface area contributed by atoms with Crippen LogP contribution < -0.4 is 5.48 Å². The molecule has 0 saturated heterocycles. The minimum atomic E-state index is -1.38. The van der Waals surface area contributed by atoms with Crippen LogP contribution in [-0.4, -0.2) is 34.4 Å². The molecule has 1 aromatic carbocycles. The minimum Gasteiger partial charge on any atom is -0.315 e. The predicted molar refractivity (Wildman–Crippen MR) is 63.7 cm³/mol. The van der Waals surface area contributed by atoms with Gasteiger partial charge < -0.3 is 5.21 Å². The van der Waals surface area contributed by atoms with Crippen molar-refractivity contribution in [3.05, 3.63) is 35.6 Å². The molecule has 2 N–H and O–H groups in total. The Morgan fingerprint density at radius 1 is 1.50 bits per heavy atom. The summed E-state index contributed by atoms with van der Waals surface area (Å²) in [6.07, 6.45) is 0.264. The molecular weight excluding hydrogens is 237 g/mol. The van der Waals surface area contributed by atoms with Crippen molar-refractivity contribution >= 4 is 11.6 Å². The molecule has 1 aliphatic heterocycles. The summed E-state index contributed by atoms with van der Waals surface area (Å²) in [5, 5.41) is 14.5. The number of nitrogens with one attached hydrogen (secondary N) is 1. The second kappa shape index (κ2) is 4.47. The largest absolute Gasteiger partial charge is 0.315 e. The van der Waals surface area contributed by atoms with Gasteiger partial charge in [-0.25, -0.2) is 9.40 Å². The second-order valence-electron chi connectivity index (χ2n) is 4.13. The number of carbonyl (C=O) groups is 1. The first-order valence-corrected chi connectivity index (χ1v) is 5.60. The predicted octanol–water partition coefficient (Wildman–Crippen LogP) is 1.13. The highest BCUT2D eigenvalue weighted by Crippen LogP contribution is 2.27. The van der Waals surface area contributed by atoms with Crippen molar-refractivity contribution in [2.75, 3.05) is 7.05 Å². The normalized spacial score (nSPS) is 23.4. The maximum atomic E-state index is 13.8. The van der Waals surface area contributed by atoms with E-state index in [1.54, 1.807) is 19.1 Å². The first kappa shape index (κ1) is 12.7. The van der Waals surface area contributed by atoms with Crippen molar-refractivity contribution in [2.24, 2.45) is 5.10 Å². The van der Waals surface area contributed by atoms with Crippen LogP contribution >= 0.6 is 0 Å². The van der Waals surface area contributed by atoms with Crippen LogP contribution in [0.25, 0.3) is 0 Å². The third kappa shape index (κ3) is 1.61. The zero-order valence-corrected chi connectivity index (χ0v) is 10.1. The number of rotatable bonds is 3. The molecule has 0 bridgehead atoms. The van der Waals surface area contributed by atoms with Gasteiger partial charge in [-0.2, -0.15) is 10.6 Å². The van der Waals surface area contributed by atoms with Gasteiger partial charge in [-0.05, 0) is 12.5 Å². The molecule has 0 radical (unpaired) electrons. The zero-order valence-electron chi connectivity index (χ0n) is 10.1. The summed E-state index contributed by atoms with van der Waals surface area (Å²) in [6, 6.07) is 6.03. The molecule has 96 valence electrons. The Morgan fingerprint density at radius 2 is 2.17 bits per heavy atom. The lowest BCUT2D eigenvalue weighted by Crippen LogP contribution is -2.56. The van der Waals surface area contributed by atoms with E-state index in [1.807, 2.05) is 5.48 Å². The molecule has 1 aromatic rings. The van der Waals surface area contributed by atoms with E-state index < -0.39 is 17.3 Å². The first-order chi connectivity index (χ1) is 8.56. The molecule has 18 heavy (non-hydrogen) atoms. The molecule has 5 nitrogen and oxygen atoms in total. The average Bonchev–Trinajstić information content (AvgIpc) is 2.63. The summed E-state index contributed by atoms with van der Waals surface area (Å²) < 4.78 is 13.8. The van der Waals surface area contributed by atoms with E-state index >= 15 is 0 Å². The lowest BCUT2D eigenvalue weighted by Gasteiger charge is -2.25. The highest BCUT2D eigenvalue weighted by Gasteiger charge is 2.49. The van der Waals surface area contributed by atoms with Gasteiger partial charge in [0.1, 0.15) is 11.5 Å². The van der Waals surface area contributed by atoms with Gasteiger partial charge in [-0.15, -0.1) is 0 Å².